The molecule has 118 valence electrons. The van der Waals surface area contributed by atoms with Crippen molar-refractivity contribution in [3.8, 4) is 0 Å². The first-order valence-corrected chi connectivity index (χ1v) is 8.89. The van der Waals surface area contributed by atoms with E-state index in [2.05, 4.69) is 5.32 Å². The molecule has 1 aliphatic rings. The Bertz CT molecular complexity index is 568. The summed E-state index contributed by atoms with van der Waals surface area (Å²) in [5.41, 5.74) is 0.427. The van der Waals surface area contributed by atoms with Crippen molar-refractivity contribution in [3.05, 3.63) is 29.3 Å². The first kappa shape index (κ1) is 16.2. The van der Waals surface area contributed by atoms with Crippen molar-refractivity contribution in [3.63, 3.8) is 0 Å². The van der Waals surface area contributed by atoms with E-state index in [1.54, 1.807) is 0 Å². The van der Waals surface area contributed by atoms with Crippen molar-refractivity contribution in [2.75, 3.05) is 36.0 Å². The minimum Gasteiger partial charge on any atom is -0.365 e. The van der Waals surface area contributed by atoms with Crippen LogP contribution in [0.2, 0.25) is 0 Å². The largest absolute Gasteiger partial charge is 0.365 e. The molecule has 0 radical (unpaired) electrons. The van der Waals surface area contributed by atoms with Crippen LogP contribution in [0.25, 0.3) is 0 Å². The van der Waals surface area contributed by atoms with Crippen LogP contribution in [0.15, 0.2) is 12.1 Å². The summed E-state index contributed by atoms with van der Waals surface area (Å²) in [7, 11) is -3.07. The van der Waals surface area contributed by atoms with Crippen molar-refractivity contribution < 1.29 is 17.2 Å². The van der Waals surface area contributed by atoms with E-state index in [1.165, 1.54) is 17.0 Å². The smallest absolute Gasteiger partial charge is 0.153 e. The summed E-state index contributed by atoms with van der Waals surface area (Å²) in [5.74, 6) is -1.40. The second-order valence-corrected chi connectivity index (χ2v) is 7.53. The van der Waals surface area contributed by atoms with Gasteiger partial charge in [-0.15, -0.1) is 0 Å². The lowest BCUT2D eigenvalue weighted by atomic mass is 10.1. The van der Waals surface area contributed by atoms with E-state index in [1.807, 2.05) is 6.92 Å². The third-order valence-corrected chi connectivity index (χ3v) is 5.10. The molecule has 0 saturated carbocycles. The van der Waals surface area contributed by atoms with Crippen LogP contribution in [0.1, 0.15) is 18.9 Å². The predicted octanol–water partition coefficient (Wildman–Crippen LogP) is 1.70. The molecule has 4 nitrogen and oxygen atoms in total. The molecule has 1 aromatic carbocycles. The van der Waals surface area contributed by atoms with E-state index < -0.39 is 21.5 Å². The highest BCUT2D eigenvalue weighted by atomic mass is 32.2. The van der Waals surface area contributed by atoms with Crippen LogP contribution in [-0.4, -0.2) is 39.6 Å². The van der Waals surface area contributed by atoms with Gasteiger partial charge in [0.15, 0.2) is 9.84 Å². The molecule has 0 aliphatic carbocycles. The molecule has 1 aliphatic heterocycles. The number of benzene rings is 1. The molecule has 1 fully saturated rings. The maximum Gasteiger partial charge on any atom is 0.153 e. The van der Waals surface area contributed by atoms with Gasteiger partial charge < -0.3 is 10.2 Å². The van der Waals surface area contributed by atoms with E-state index >= 15 is 0 Å². The van der Waals surface area contributed by atoms with Gasteiger partial charge in [-0.1, -0.05) is 6.92 Å². The van der Waals surface area contributed by atoms with Gasteiger partial charge in [0.1, 0.15) is 17.3 Å². The number of hydrogen-bond acceptors (Lipinski definition) is 4. The zero-order chi connectivity index (χ0) is 15.5. The highest BCUT2D eigenvalue weighted by Gasteiger charge is 2.26. The number of rotatable bonds is 5. The lowest BCUT2D eigenvalue weighted by Crippen LogP contribution is -2.41. The second kappa shape index (κ2) is 6.70. The van der Waals surface area contributed by atoms with Crippen LogP contribution in [0.3, 0.4) is 0 Å². The van der Waals surface area contributed by atoms with Gasteiger partial charge >= 0.3 is 0 Å². The molecular formula is C14H20F2N2O2S. The van der Waals surface area contributed by atoms with Crippen LogP contribution in [0.4, 0.5) is 14.5 Å². The van der Waals surface area contributed by atoms with E-state index in [9.17, 15) is 17.2 Å². The Hall–Kier alpha value is -1.21. The molecule has 1 N–H and O–H groups in total. The van der Waals surface area contributed by atoms with Crippen molar-refractivity contribution >= 4 is 15.5 Å². The lowest BCUT2D eigenvalue weighted by molar-refractivity contribution is 0.557. The third kappa shape index (κ3) is 4.14. The Kier molecular flexibility index (Phi) is 5.16. The Morgan fingerprint density at radius 2 is 1.76 bits per heavy atom. The molecule has 0 unspecified atom stereocenters. The predicted molar refractivity (Wildman–Crippen MR) is 79.2 cm³/mol. The molecule has 0 atom stereocenters. The highest BCUT2D eigenvalue weighted by molar-refractivity contribution is 7.91. The summed E-state index contributed by atoms with van der Waals surface area (Å²) in [5, 5.41) is 3.09. The topological polar surface area (TPSA) is 49.4 Å². The first-order chi connectivity index (χ1) is 9.93. The minimum absolute atomic E-state index is 0.0638. The van der Waals surface area contributed by atoms with E-state index in [-0.39, 0.29) is 30.3 Å². The number of anilines is 1. The summed E-state index contributed by atoms with van der Waals surface area (Å²) in [6.45, 7) is 3.47. The zero-order valence-electron chi connectivity index (χ0n) is 12.0. The molecule has 1 aromatic rings. The molecule has 1 saturated heterocycles. The average Bonchev–Trinajstić information content (AvgIpc) is 2.40. The summed E-state index contributed by atoms with van der Waals surface area (Å²) in [6.07, 6.45) is 0.950. The quantitative estimate of drug-likeness (QED) is 0.840. The SMILES string of the molecule is CCCNCc1cc(F)c(N2CCS(=O)(=O)CC2)c(F)c1. The molecule has 2 rings (SSSR count). The van der Waals surface area contributed by atoms with E-state index in [0.29, 0.717) is 12.1 Å². The van der Waals surface area contributed by atoms with Gasteiger partial charge in [-0.2, -0.15) is 0 Å². The van der Waals surface area contributed by atoms with Gasteiger partial charge in [-0.05, 0) is 30.7 Å². The van der Waals surface area contributed by atoms with Crippen molar-refractivity contribution in [1.82, 2.24) is 5.32 Å². The Morgan fingerprint density at radius 3 is 2.29 bits per heavy atom. The number of nitrogens with one attached hydrogen (secondary N) is 1. The molecule has 0 spiro atoms. The fraction of sp³-hybridized carbons (Fsp3) is 0.571. The fourth-order valence-electron chi connectivity index (χ4n) is 2.37. The van der Waals surface area contributed by atoms with E-state index in [0.717, 1.165) is 13.0 Å². The van der Waals surface area contributed by atoms with Crippen molar-refractivity contribution in [2.45, 2.75) is 19.9 Å². The molecular weight excluding hydrogens is 298 g/mol. The lowest BCUT2D eigenvalue weighted by Gasteiger charge is -2.29. The maximum atomic E-state index is 14.1. The minimum atomic E-state index is -3.07. The van der Waals surface area contributed by atoms with Crippen molar-refractivity contribution in [1.29, 1.82) is 0 Å². The monoisotopic (exact) mass is 318 g/mol. The van der Waals surface area contributed by atoms with Gasteiger partial charge in [0, 0.05) is 19.6 Å². The Labute approximate surface area is 124 Å². The Morgan fingerprint density at radius 1 is 1.19 bits per heavy atom. The van der Waals surface area contributed by atoms with Crippen molar-refractivity contribution in [2.24, 2.45) is 0 Å². The summed E-state index contributed by atoms with van der Waals surface area (Å²) in [6, 6.07) is 2.62. The summed E-state index contributed by atoms with van der Waals surface area (Å²) in [4.78, 5) is 1.47. The van der Waals surface area contributed by atoms with Crippen LogP contribution in [-0.2, 0) is 16.4 Å². The van der Waals surface area contributed by atoms with Crippen LogP contribution in [0, 0.1) is 11.6 Å². The standard InChI is InChI=1S/C14H20F2N2O2S/c1-2-3-17-10-11-8-12(15)14(13(16)9-11)18-4-6-21(19,20)7-5-18/h8-9,17H,2-7,10H2,1H3. The maximum absolute atomic E-state index is 14.1. The van der Waals surface area contributed by atoms with Gasteiger partial charge in [0.05, 0.1) is 11.5 Å². The molecule has 7 heteroatoms. The molecule has 0 bridgehead atoms. The Balaban J connectivity index is 2.14. The normalized spacial score (nSPS) is 18.0. The van der Waals surface area contributed by atoms with Gasteiger partial charge in [-0.3, -0.25) is 0 Å². The summed E-state index contributed by atoms with van der Waals surface area (Å²) < 4.78 is 51.0. The first-order valence-electron chi connectivity index (χ1n) is 7.07. The highest BCUT2D eigenvalue weighted by Crippen LogP contribution is 2.26. The van der Waals surface area contributed by atoms with Gasteiger partial charge in [0.2, 0.25) is 0 Å². The zero-order valence-corrected chi connectivity index (χ0v) is 12.8. The number of nitrogens with zero attached hydrogens (tertiary/aromatic N) is 1. The molecule has 0 amide bonds. The number of sulfone groups is 1. The van der Waals surface area contributed by atoms with Gasteiger partial charge in [-0.25, -0.2) is 17.2 Å². The third-order valence-electron chi connectivity index (χ3n) is 3.49. The molecule has 21 heavy (non-hydrogen) atoms. The summed E-state index contributed by atoms with van der Waals surface area (Å²) >= 11 is 0. The van der Waals surface area contributed by atoms with Crippen LogP contribution >= 0.6 is 0 Å². The molecule has 0 aromatic heterocycles. The number of halogens is 2. The van der Waals surface area contributed by atoms with Crippen LogP contribution < -0.4 is 10.2 Å². The number of hydrogen-bond donors (Lipinski definition) is 1. The molecule has 1 heterocycles. The fourth-order valence-corrected chi connectivity index (χ4v) is 3.57. The average molecular weight is 318 g/mol. The van der Waals surface area contributed by atoms with Gasteiger partial charge in [0.25, 0.3) is 0 Å². The van der Waals surface area contributed by atoms with E-state index in [4.69, 9.17) is 0 Å². The second-order valence-electron chi connectivity index (χ2n) is 5.22. The van der Waals surface area contributed by atoms with Crippen LogP contribution in [0.5, 0.6) is 0 Å².